The summed E-state index contributed by atoms with van der Waals surface area (Å²) in [7, 11) is 0. The van der Waals surface area contributed by atoms with Gasteiger partial charge in [0.2, 0.25) is 59.1 Å². The van der Waals surface area contributed by atoms with Crippen LogP contribution in [-0.2, 0) is 70.4 Å². The number of hydrogen-bond acceptors (Lipinski definition) is 14. The van der Waals surface area contributed by atoms with E-state index in [9.17, 15) is 67.7 Å². The molecule has 4 rings (SSSR count). The summed E-state index contributed by atoms with van der Waals surface area (Å²) in [6.07, 6.45) is -0.623. The first-order valence-corrected chi connectivity index (χ1v) is 28.0. The van der Waals surface area contributed by atoms with Crippen LogP contribution in [-0.4, -0.2) is 165 Å². The van der Waals surface area contributed by atoms with Gasteiger partial charge < -0.3 is 86.0 Å². The van der Waals surface area contributed by atoms with Crippen LogP contribution in [0.3, 0.4) is 0 Å². The van der Waals surface area contributed by atoms with Crippen LogP contribution in [0.15, 0.2) is 65.8 Å². The largest absolute Gasteiger partial charge is 0.481 e. The number of rotatable bonds is 35. The van der Waals surface area contributed by atoms with Crippen molar-refractivity contribution in [2.45, 2.75) is 159 Å². The molecule has 9 atom stereocenters. The van der Waals surface area contributed by atoms with Gasteiger partial charge in [0.25, 0.3) is 0 Å². The first kappa shape index (κ1) is 68.3. The Bertz CT molecular complexity index is 2890. The fourth-order valence-corrected chi connectivity index (χ4v) is 9.55. The third-order valence-corrected chi connectivity index (χ3v) is 14.0. The predicted octanol–water partition coefficient (Wildman–Crippen LogP) is -2.49. The minimum absolute atomic E-state index is 0.0350. The first-order valence-electron chi connectivity index (χ1n) is 28.0. The summed E-state index contributed by atoms with van der Waals surface area (Å²) >= 11 is 0. The van der Waals surface area contributed by atoms with Crippen molar-refractivity contribution >= 4 is 87.9 Å². The molecule has 29 nitrogen and oxygen atoms in total. The molecule has 29 heteroatoms. The minimum Gasteiger partial charge on any atom is -0.481 e. The number of aromatic amines is 1. The molecule has 1 aliphatic heterocycles. The molecular formula is C56H81N15O14. The number of primary amides is 2. The number of aliphatic imine (C=N–C) groups is 1. The van der Waals surface area contributed by atoms with Gasteiger partial charge in [0.1, 0.15) is 48.3 Å². The molecule has 85 heavy (non-hydrogen) atoms. The lowest BCUT2D eigenvalue weighted by Gasteiger charge is -2.29. The second kappa shape index (κ2) is 33.2. The van der Waals surface area contributed by atoms with E-state index in [2.05, 4.69) is 47.2 Å². The number of para-hydroxylation sites is 1. The van der Waals surface area contributed by atoms with Gasteiger partial charge in [-0.05, 0) is 74.0 Å². The van der Waals surface area contributed by atoms with Crippen molar-refractivity contribution in [1.82, 2.24) is 47.1 Å². The van der Waals surface area contributed by atoms with E-state index in [0.29, 0.717) is 28.5 Å². The lowest BCUT2D eigenvalue weighted by atomic mass is 9.99. The highest BCUT2D eigenvalue weighted by atomic mass is 16.4. The molecule has 1 aliphatic rings. The van der Waals surface area contributed by atoms with E-state index in [4.69, 9.17) is 28.7 Å². The zero-order valence-corrected chi connectivity index (χ0v) is 48.1. The van der Waals surface area contributed by atoms with Gasteiger partial charge in [-0.1, -0.05) is 76.2 Å². The number of H-pyrrole nitrogens is 1. The monoisotopic (exact) mass is 1190 g/mol. The summed E-state index contributed by atoms with van der Waals surface area (Å²) < 4.78 is 0. The number of aliphatic carboxylic acids is 2. The average Bonchev–Trinajstić information content (AvgIpc) is 4.08. The van der Waals surface area contributed by atoms with Crippen molar-refractivity contribution in [2.24, 2.45) is 45.5 Å². The highest BCUT2D eigenvalue weighted by Gasteiger charge is 2.40. The van der Waals surface area contributed by atoms with Crippen molar-refractivity contribution in [1.29, 1.82) is 0 Å². The summed E-state index contributed by atoms with van der Waals surface area (Å²) in [5.74, 6) is -12.7. The molecule has 1 aromatic heterocycles. The number of benzene rings is 2. The second-order valence-electron chi connectivity index (χ2n) is 21.7. The quantitative estimate of drug-likeness (QED) is 0.0165. The Labute approximate surface area is 490 Å². The fourth-order valence-electron chi connectivity index (χ4n) is 9.55. The number of guanidine groups is 1. The number of carboxylic acids is 2. The van der Waals surface area contributed by atoms with E-state index in [1.165, 1.54) is 4.90 Å². The average molecular weight is 1190 g/mol. The van der Waals surface area contributed by atoms with Crippen molar-refractivity contribution in [2.75, 3.05) is 13.1 Å². The molecule has 0 unspecified atom stereocenters. The topological polar surface area (TPSA) is 491 Å². The van der Waals surface area contributed by atoms with E-state index in [0.717, 1.165) is 0 Å². The second-order valence-corrected chi connectivity index (χ2v) is 21.7. The third kappa shape index (κ3) is 22.2. The minimum atomic E-state index is -1.75. The normalized spacial score (nSPS) is 15.8. The molecule has 0 aliphatic carbocycles. The van der Waals surface area contributed by atoms with Gasteiger partial charge in [-0.2, -0.15) is 0 Å². The number of fused-ring (bicyclic) bond motifs is 1. The predicted molar refractivity (Wildman–Crippen MR) is 309 cm³/mol. The highest BCUT2D eigenvalue weighted by molar-refractivity contribution is 5.99. The summed E-state index contributed by atoms with van der Waals surface area (Å²) in [6.45, 7) is 6.72. The third-order valence-electron chi connectivity index (χ3n) is 14.0. The summed E-state index contributed by atoms with van der Waals surface area (Å²) in [5, 5.41) is 38.1. The van der Waals surface area contributed by atoms with Crippen LogP contribution in [0, 0.1) is 11.8 Å². The molecule has 0 bridgehead atoms. The Balaban J connectivity index is 1.70. The van der Waals surface area contributed by atoms with Crippen LogP contribution in [0.25, 0.3) is 10.9 Å². The maximum Gasteiger partial charge on any atom is 0.326 e. The number of amides is 10. The molecule has 2 heterocycles. The Morgan fingerprint density at radius 1 is 0.635 bits per heavy atom. The van der Waals surface area contributed by atoms with Gasteiger partial charge in [-0.25, -0.2) is 4.79 Å². The van der Waals surface area contributed by atoms with Crippen molar-refractivity contribution in [3.8, 4) is 0 Å². The first-order chi connectivity index (χ1) is 40.1. The molecule has 0 spiro atoms. The molecule has 1 saturated heterocycles. The highest BCUT2D eigenvalue weighted by Crippen LogP contribution is 2.22. The summed E-state index contributed by atoms with van der Waals surface area (Å²) in [4.78, 5) is 170. The van der Waals surface area contributed by atoms with E-state index in [1.807, 2.05) is 0 Å². The van der Waals surface area contributed by atoms with Crippen molar-refractivity contribution in [3.05, 3.63) is 71.9 Å². The number of nitrogens with one attached hydrogen (secondary N) is 8. The van der Waals surface area contributed by atoms with Crippen LogP contribution < -0.4 is 65.9 Å². The Hall–Kier alpha value is -9.15. The molecule has 1 fully saturated rings. The summed E-state index contributed by atoms with van der Waals surface area (Å²) in [5.41, 5.74) is 29.6. The van der Waals surface area contributed by atoms with Gasteiger partial charge in [-0.3, -0.25) is 57.7 Å². The van der Waals surface area contributed by atoms with Crippen molar-refractivity contribution in [3.63, 3.8) is 0 Å². The zero-order chi connectivity index (χ0) is 63.1. The maximum atomic E-state index is 14.9. The number of carbonyl (C=O) groups is 12. The lowest BCUT2D eigenvalue weighted by molar-refractivity contribution is -0.143. The van der Waals surface area contributed by atoms with Gasteiger partial charge in [-0.15, -0.1) is 0 Å². The number of hydrogen-bond donors (Lipinski definition) is 15. The van der Waals surface area contributed by atoms with Crippen LogP contribution in [0.1, 0.15) is 103 Å². The maximum absolute atomic E-state index is 14.9. The van der Waals surface area contributed by atoms with E-state index >= 15 is 0 Å². The van der Waals surface area contributed by atoms with Crippen LogP contribution in [0.4, 0.5) is 0 Å². The zero-order valence-electron chi connectivity index (χ0n) is 48.1. The van der Waals surface area contributed by atoms with E-state index < -0.39 is 151 Å². The number of nitrogens with two attached hydrogens (primary N) is 5. The van der Waals surface area contributed by atoms with Gasteiger partial charge in [0.05, 0.1) is 12.5 Å². The molecule has 20 N–H and O–H groups in total. The summed E-state index contributed by atoms with van der Waals surface area (Å²) in [6, 6.07) is 2.40. The number of carboxylic acid groups (broad SMARTS) is 2. The van der Waals surface area contributed by atoms with E-state index in [1.54, 1.807) is 88.5 Å². The molecular weight excluding hydrogens is 1110 g/mol. The Morgan fingerprint density at radius 2 is 1.20 bits per heavy atom. The van der Waals surface area contributed by atoms with Gasteiger partial charge in [0, 0.05) is 55.9 Å². The molecule has 0 radical (unpaired) electrons. The lowest BCUT2D eigenvalue weighted by Crippen LogP contribution is -2.61. The van der Waals surface area contributed by atoms with Crippen LogP contribution in [0.5, 0.6) is 0 Å². The molecule has 464 valence electrons. The Morgan fingerprint density at radius 3 is 1.79 bits per heavy atom. The van der Waals surface area contributed by atoms with Gasteiger partial charge >= 0.3 is 11.9 Å². The molecule has 3 aromatic rings. The fraction of sp³-hybridized carbons (Fsp3) is 0.518. The number of aromatic nitrogens is 1. The smallest absolute Gasteiger partial charge is 0.326 e. The van der Waals surface area contributed by atoms with Crippen molar-refractivity contribution < 1.29 is 67.7 Å². The van der Waals surface area contributed by atoms with Crippen LogP contribution in [0.2, 0.25) is 0 Å². The van der Waals surface area contributed by atoms with E-state index in [-0.39, 0.29) is 76.3 Å². The number of nitrogens with zero attached hydrogens (tertiary/aromatic N) is 2. The number of likely N-dealkylation sites (tertiary alicyclic amines) is 1. The molecule has 0 saturated carbocycles. The SMILES string of the molecule is CC(C)C[C@H](NC(=O)[C@@H](NC(=O)[C@H](CC(N)=O)NC(=O)[C@H](CCCN=C(N)N)NC(=O)[C@H](Cc1ccccc1)NC(=O)[C@H](Cc1c[nH]c2ccccc12)NC(=O)[C@H](CCC(=O)O)NC(=O)[C@@H]1CCCN1C(=O)[C@@H](N)CCC(N)=O)C(C)C)C(=O)O. The molecule has 2 aromatic carbocycles. The molecule has 10 amide bonds. The van der Waals surface area contributed by atoms with Gasteiger partial charge in [0.15, 0.2) is 5.96 Å². The van der Waals surface area contributed by atoms with Crippen LogP contribution >= 0.6 is 0 Å². The Kier molecular flexibility index (Phi) is 26.7. The standard InChI is InChI=1S/C56H81N15O14/c1-29(2)24-41(55(84)85)69-53(82)46(30(3)4)70-51(80)40(27-44(59)73)68-47(76)36(16-10-22-62-56(60)61)64-49(78)38(25-31-12-6-5-7-13-31)66-50(79)39(26-32-28-63-35-15-9-8-14-33(32)35)67-48(77)37(19-21-45(74)75)65-52(81)42-17-11-23-71(42)54(83)34(57)18-20-43(58)72/h5-9,12-15,28-30,34,36-42,46,63H,10-11,16-27,57H2,1-4H3,(H2,58,72)(H2,59,73)(H,64,78)(H,65,81)(H,66,79)(H,67,77)(H,68,76)(H,69,82)(H,70,80)(H,74,75)(H,84,85)(H4,60,61,62)/t34-,36-,37-,38-,39-,40-,41-,42-,46-/m0/s1. The number of carbonyl (C=O) groups excluding carboxylic acids is 10.